The minimum Gasteiger partial charge on any atom is -0.497 e. The average molecular weight is 437 g/mol. The van der Waals surface area contributed by atoms with Gasteiger partial charge in [0, 0.05) is 0 Å². The van der Waals surface area contributed by atoms with Crippen molar-refractivity contribution in [1.82, 2.24) is 0 Å². The standard InChI is InChI=1S/C21H21O6P.ClH/c1-22-16-4-10-19(11-5-16)25-28(26-20-12-6-17(23-2)7-13-20)27-21-14-8-18(24-3)9-15-21;/h4-15H,1-3H3;1H. The third-order valence-electron chi connectivity index (χ3n) is 3.72. The molecule has 0 bridgehead atoms. The van der Waals surface area contributed by atoms with Crippen LogP contribution in [0.2, 0.25) is 0 Å². The summed E-state index contributed by atoms with van der Waals surface area (Å²) < 4.78 is 33.3. The largest absolute Gasteiger partial charge is 0.530 e. The summed E-state index contributed by atoms with van der Waals surface area (Å²) in [4.78, 5) is 0. The van der Waals surface area contributed by atoms with Gasteiger partial charge in [-0.1, -0.05) is 0 Å². The van der Waals surface area contributed by atoms with Crippen LogP contribution in [-0.4, -0.2) is 21.3 Å². The van der Waals surface area contributed by atoms with Crippen LogP contribution in [0.3, 0.4) is 0 Å². The SMILES string of the molecule is COc1ccc(OP(Oc2ccc(OC)cc2)Oc2ccc(OC)cc2)cc1.Cl. The molecule has 3 rings (SSSR count). The lowest BCUT2D eigenvalue weighted by molar-refractivity contribution is 0.383. The number of benzene rings is 3. The van der Waals surface area contributed by atoms with Crippen LogP contribution < -0.4 is 27.8 Å². The van der Waals surface area contributed by atoms with Gasteiger partial charge in [0.2, 0.25) is 0 Å². The molecule has 154 valence electrons. The second kappa shape index (κ2) is 11.2. The Bertz CT molecular complexity index is 738. The molecule has 0 saturated heterocycles. The smallest absolute Gasteiger partial charge is 0.497 e. The van der Waals surface area contributed by atoms with Crippen molar-refractivity contribution in [2.75, 3.05) is 21.3 Å². The first kappa shape index (κ1) is 22.5. The fourth-order valence-corrected chi connectivity index (χ4v) is 3.22. The molecule has 0 aromatic heterocycles. The van der Waals surface area contributed by atoms with Crippen LogP contribution >= 0.6 is 21.0 Å². The highest BCUT2D eigenvalue weighted by atomic mass is 35.5. The molecule has 6 nitrogen and oxygen atoms in total. The van der Waals surface area contributed by atoms with E-state index in [0.29, 0.717) is 17.2 Å². The third-order valence-corrected chi connectivity index (χ3v) is 4.80. The summed E-state index contributed by atoms with van der Waals surface area (Å²) in [5.41, 5.74) is 0. The van der Waals surface area contributed by atoms with Crippen molar-refractivity contribution < 1.29 is 27.8 Å². The predicted octanol–water partition coefficient (Wildman–Crippen LogP) is 5.90. The minimum absolute atomic E-state index is 0. The van der Waals surface area contributed by atoms with Gasteiger partial charge in [-0.2, -0.15) is 0 Å². The lowest BCUT2D eigenvalue weighted by Gasteiger charge is -2.18. The Morgan fingerprint density at radius 2 is 0.621 bits per heavy atom. The molecule has 0 spiro atoms. The number of hydrogen-bond acceptors (Lipinski definition) is 6. The van der Waals surface area contributed by atoms with Crippen LogP contribution in [0.5, 0.6) is 34.5 Å². The van der Waals surface area contributed by atoms with Gasteiger partial charge in [0.15, 0.2) is 0 Å². The van der Waals surface area contributed by atoms with Gasteiger partial charge in [-0.15, -0.1) is 12.4 Å². The highest BCUT2D eigenvalue weighted by molar-refractivity contribution is 7.43. The van der Waals surface area contributed by atoms with Gasteiger partial charge < -0.3 is 27.8 Å². The maximum Gasteiger partial charge on any atom is 0.530 e. The highest BCUT2D eigenvalue weighted by Gasteiger charge is 2.20. The molecule has 0 saturated carbocycles. The normalized spacial score (nSPS) is 9.93. The van der Waals surface area contributed by atoms with Gasteiger partial charge >= 0.3 is 8.60 Å². The zero-order valence-electron chi connectivity index (χ0n) is 16.2. The van der Waals surface area contributed by atoms with Crippen LogP contribution in [0.25, 0.3) is 0 Å². The molecule has 0 radical (unpaired) electrons. The Morgan fingerprint density at radius 1 is 0.414 bits per heavy atom. The van der Waals surface area contributed by atoms with Gasteiger partial charge in [-0.3, -0.25) is 0 Å². The fraction of sp³-hybridized carbons (Fsp3) is 0.143. The molecule has 0 aliphatic heterocycles. The monoisotopic (exact) mass is 436 g/mol. The van der Waals surface area contributed by atoms with E-state index in [1.165, 1.54) is 0 Å². The average Bonchev–Trinajstić information content (AvgIpc) is 2.75. The molecule has 0 amide bonds. The molecule has 29 heavy (non-hydrogen) atoms. The quantitative estimate of drug-likeness (QED) is 0.389. The van der Waals surface area contributed by atoms with Crippen LogP contribution in [0.4, 0.5) is 0 Å². The molecular formula is C21H22ClO6P. The number of halogens is 1. The number of ether oxygens (including phenoxy) is 3. The van der Waals surface area contributed by atoms with Crippen molar-refractivity contribution in [1.29, 1.82) is 0 Å². The summed E-state index contributed by atoms with van der Waals surface area (Å²) in [7, 11) is 3.09. The lowest BCUT2D eigenvalue weighted by atomic mass is 10.3. The van der Waals surface area contributed by atoms with Crippen molar-refractivity contribution in [3.05, 3.63) is 72.8 Å². The zero-order chi connectivity index (χ0) is 19.8. The third kappa shape index (κ3) is 6.63. The Labute approximate surface area is 177 Å². The highest BCUT2D eigenvalue weighted by Crippen LogP contribution is 2.43. The molecule has 0 aliphatic rings. The van der Waals surface area contributed by atoms with Crippen LogP contribution in [0.1, 0.15) is 0 Å². The Kier molecular flexibility index (Phi) is 8.71. The maximum absolute atomic E-state index is 5.94. The second-order valence-corrected chi connectivity index (χ2v) is 6.52. The maximum atomic E-state index is 5.94. The number of methoxy groups -OCH3 is 3. The minimum atomic E-state index is -1.75. The van der Waals surface area contributed by atoms with Crippen molar-refractivity contribution in [3.8, 4) is 34.5 Å². The van der Waals surface area contributed by atoms with Crippen molar-refractivity contribution in [3.63, 3.8) is 0 Å². The van der Waals surface area contributed by atoms with E-state index in [0.717, 1.165) is 17.2 Å². The van der Waals surface area contributed by atoms with E-state index < -0.39 is 8.60 Å². The first-order chi connectivity index (χ1) is 13.7. The van der Waals surface area contributed by atoms with E-state index in [-0.39, 0.29) is 12.4 Å². The second-order valence-electron chi connectivity index (χ2n) is 5.52. The van der Waals surface area contributed by atoms with Crippen LogP contribution in [0.15, 0.2) is 72.8 Å². The topological polar surface area (TPSA) is 55.4 Å². The van der Waals surface area contributed by atoms with E-state index in [2.05, 4.69) is 0 Å². The van der Waals surface area contributed by atoms with Gasteiger partial charge in [-0.05, 0) is 72.8 Å². The molecular weight excluding hydrogens is 415 g/mol. The summed E-state index contributed by atoms with van der Waals surface area (Å²) in [6, 6.07) is 21.6. The summed E-state index contributed by atoms with van der Waals surface area (Å²) in [6.45, 7) is 0. The van der Waals surface area contributed by atoms with E-state index >= 15 is 0 Å². The Morgan fingerprint density at radius 3 is 0.828 bits per heavy atom. The van der Waals surface area contributed by atoms with Crippen molar-refractivity contribution in [2.24, 2.45) is 0 Å². The lowest BCUT2D eigenvalue weighted by Crippen LogP contribution is -2.02. The fourth-order valence-electron chi connectivity index (χ4n) is 2.22. The zero-order valence-corrected chi connectivity index (χ0v) is 17.9. The van der Waals surface area contributed by atoms with E-state index in [1.54, 1.807) is 57.7 Å². The van der Waals surface area contributed by atoms with E-state index in [1.807, 2.05) is 36.4 Å². The van der Waals surface area contributed by atoms with Gasteiger partial charge in [0.05, 0.1) is 21.3 Å². The first-order valence-corrected chi connectivity index (χ1v) is 9.56. The van der Waals surface area contributed by atoms with E-state index in [4.69, 9.17) is 27.8 Å². The van der Waals surface area contributed by atoms with E-state index in [9.17, 15) is 0 Å². The molecule has 0 aliphatic carbocycles. The summed E-state index contributed by atoms with van der Waals surface area (Å²) >= 11 is 0. The van der Waals surface area contributed by atoms with Crippen molar-refractivity contribution >= 4 is 21.0 Å². The predicted molar refractivity (Wildman–Crippen MR) is 115 cm³/mol. The van der Waals surface area contributed by atoms with Crippen LogP contribution in [-0.2, 0) is 0 Å². The molecule has 0 fully saturated rings. The molecule has 3 aromatic carbocycles. The first-order valence-electron chi connectivity index (χ1n) is 8.46. The number of rotatable bonds is 9. The summed E-state index contributed by atoms with van der Waals surface area (Å²) in [5.74, 6) is 4.04. The van der Waals surface area contributed by atoms with Crippen LogP contribution in [0, 0.1) is 0 Å². The molecule has 0 N–H and O–H groups in total. The molecule has 0 atom stereocenters. The van der Waals surface area contributed by atoms with Gasteiger partial charge in [0.1, 0.15) is 34.5 Å². The van der Waals surface area contributed by atoms with Gasteiger partial charge in [0.25, 0.3) is 0 Å². The number of hydrogen-bond donors (Lipinski definition) is 0. The summed E-state index contributed by atoms with van der Waals surface area (Å²) in [6.07, 6.45) is 0. The Balaban J connectivity index is 0.00000300. The molecule has 0 heterocycles. The van der Waals surface area contributed by atoms with Gasteiger partial charge in [-0.25, -0.2) is 0 Å². The molecule has 8 heteroatoms. The Hall–Kier alpha value is -2.82. The molecule has 0 unspecified atom stereocenters. The summed E-state index contributed by atoms with van der Waals surface area (Å²) in [5, 5.41) is 0. The van der Waals surface area contributed by atoms with Crippen molar-refractivity contribution in [2.45, 2.75) is 0 Å². The molecule has 3 aromatic rings.